The van der Waals surface area contributed by atoms with E-state index in [2.05, 4.69) is 37.4 Å². The van der Waals surface area contributed by atoms with Gasteiger partial charge in [-0.1, -0.05) is 48.3 Å². The first kappa shape index (κ1) is 16.4. The van der Waals surface area contributed by atoms with Crippen LogP contribution in [0.4, 0.5) is 0 Å². The van der Waals surface area contributed by atoms with Crippen LogP contribution in [0.15, 0.2) is 30.3 Å². The molecule has 0 heterocycles. The maximum absolute atomic E-state index is 6.22. The lowest BCUT2D eigenvalue weighted by atomic mass is 9.92. The highest BCUT2D eigenvalue weighted by molar-refractivity contribution is 6.31. The molecule has 0 aliphatic heterocycles. The zero-order chi connectivity index (χ0) is 15.6. The van der Waals surface area contributed by atoms with Crippen LogP contribution in [0.1, 0.15) is 40.8 Å². The van der Waals surface area contributed by atoms with Gasteiger partial charge in [0, 0.05) is 10.0 Å². The zero-order valence-electron chi connectivity index (χ0n) is 12.9. The summed E-state index contributed by atoms with van der Waals surface area (Å²) in [6.07, 6.45) is 0. The van der Waals surface area contributed by atoms with Gasteiger partial charge in [0.05, 0.1) is 6.04 Å². The van der Waals surface area contributed by atoms with Gasteiger partial charge in [-0.05, 0) is 67.3 Å². The van der Waals surface area contributed by atoms with Crippen LogP contribution in [0.2, 0.25) is 10.0 Å². The molecule has 0 aromatic heterocycles. The predicted molar refractivity (Wildman–Crippen MR) is 92.6 cm³/mol. The van der Waals surface area contributed by atoms with Crippen molar-refractivity contribution in [2.45, 2.75) is 33.7 Å². The van der Waals surface area contributed by atoms with Crippen molar-refractivity contribution in [2.24, 2.45) is 0 Å². The minimum Gasteiger partial charge on any atom is -0.307 e. The second-order valence-corrected chi connectivity index (χ2v) is 6.27. The van der Waals surface area contributed by atoms with Gasteiger partial charge in [-0.2, -0.15) is 0 Å². The molecule has 2 aromatic rings. The Hall–Kier alpha value is -1.02. The average molecular weight is 322 g/mol. The minimum absolute atomic E-state index is 0.155. The Labute approximate surface area is 137 Å². The van der Waals surface area contributed by atoms with Gasteiger partial charge >= 0.3 is 0 Å². The van der Waals surface area contributed by atoms with Crippen LogP contribution in [0.5, 0.6) is 0 Å². The molecule has 2 rings (SSSR count). The summed E-state index contributed by atoms with van der Waals surface area (Å²) in [5.41, 5.74) is 5.89. The standard InChI is InChI=1S/C18H21Cl2N/c1-5-21-18(14-6-7-16(19)12(3)8-14)15-9-13(4)17(20)10-11(15)2/h6-10,18,21H,5H2,1-4H3. The van der Waals surface area contributed by atoms with Crippen molar-refractivity contribution < 1.29 is 0 Å². The molecule has 0 fully saturated rings. The fourth-order valence-corrected chi connectivity index (χ4v) is 2.91. The van der Waals surface area contributed by atoms with E-state index >= 15 is 0 Å². The van der Waals surface area contributed by atoms with Gasteiger partial charge in [-0.15, -0.1) is 0 Å². The first-order valence-electron chi connectivity index (χ1n) is 7.20. The molecule has 0 saturated heterocycles. The van der Waals surface area contributed by atoms with Gasteiger partial charge in [0.1, 0.15) is 0 Å². The maximum Gasteiger partial charge on any atom is 0.0579 e. The molecule has 2 aromatic carbocycles. The Morgan fingerprint density at radius 1 is 0.905 bits per heavy atom. The largest absolute Gasteiger partial charge is 0.307 e. The Kier molecular flexibility index (Phi) is 5.32. The Morgan fingerprint density at radius 2 is 1.57 bits per heavy atom. The molecule has 0 aliphatic rings. The summed E-state index contributed by atoms with van der Waals surface area (Å²) < 4.78 is 0. The highest BCUT2D eigenvalue weighted by Gasteiger charge is 2.17. The second kappa shape index (κ2) is 6.83. The molecule has 0 bridgehead atoms. The quantitative estimate of drug-likeness (QED) is 0.770. The van der Waals surface area contributed by atoms with Gasteiger partial charge in [0.25, 0.3) is 0 Å². The van der Waals surface area contributed by atoms with E-state index in [-0.39, 0.29) is 6.04 Å². The molecule has 1 N–H and O–H groups in total. The summed E-state index contributed by atoms with van der Waals surface area (Å²) in [5, 5.41) is 5.19. The predicted octanol–water partition coefficient (Wildman–Crippen LogP) is 5.62. The first-order chi connectivity index (χ1) is 9.93. The van der Waals surface area contributed by atoms with E-state index in [1.807, 2.05) is 26.0 Å². The van der Waals surface area contributed by atoms with E-state index in [1.54, 1.807) is 0 Å². The molecule has 21 heavy (non-hydrogen) atoms. The van der Waals surface area contributed by atoms with Crippen molar-refractivity contribution >= 4 is 23.2 Å². The monoisotopic (exact) mass is 321 g/mol. The van der Waals surface area contributed by atoms with Crippen molar-refractivity contribution in [3.05, 3.63) is 68.2 Å². The van der Waals surface area contributed by atoms with E-state index in [0.717, 1.165) is 27.7 Å². The van der Waals surface area contributed by atoms with E-state index in [1.165, 1.54) is 16.7 Å². The molecule has 1 atom stereocenters. The number of rotatable bonds is 4. The molecule has 112 valence electrons. The van der Waals surface area contributed by atoms with Crippen molar-refractivity contribution in [3.8, 4) is 0 Å². The van der Waals surface area contributed by atoms with Crippen LogP contribution < -0.4 is 5.32 Å². The van der Waals surface area contributed by atoms with Crippen LogP contribution in [0.25, 0.3) is 0 Å². The number of benzene rings is 2. The number of halogens is 2. The van der Waals surface area contributed by atoms with Crippen LogP contribution in [0, 0.1) is 20.8 Å². The van der Waals surface area contributed by atoms with E-state index < -0.39 is 0 Å². The van der Waals surface area contributed by atoms with Gasteiger partial charge in [0.15, 0.2) is 0 Å². The normalized spacial score (nSPS) is 12.5. The summed E-state index contributed by atoms with van der Waals surface area (Å²) in [7, 11) is 0. The molecule has 0 saturated carbocycles. The summed E-state index contributed by atoms with van der Waals surface area (Å²) in [5.74, 6) is 0. The molecule has 3 heteroatoms. The smallest absolute Gasteiger partial charge is 0.0579 e. The number of aryl methyl sites for hydroxylation is 3. The van der Waals surface area contributed by atoms with Crippen molar-refractivity contribution in [1.29, 1.82) is 0 Å². The molecule has 1 unspecified atom stereocenters. The Balaban J connectivity index is 2.52. The van der Waals surface area contributed by atoms with Crippen LogP contribution in [-0.4, -0.2) is 6.54 Å². The molecular weight excluding hydrogens is 301 g/mol. The molecule has 0 radical (unpaired) electrons. The molecule has 1 nitrogen and oxygen atoms in total. The summed E-state index contributed by atoms with van der Waals surface area (Å²) in [6, 6.07) is 10.6. The summed E-state index contributed by atoms with van der Waals surface area (Å²) in [6.45, 7) is 9.20. The maximum atomic E-state index is 6.22. The van der Waals surface area contributed by atoms with Gasteiger partial charge in [-0.3, -0.25) is 0 Å². The van der Waals surface area contributed by atoms with Gasteiger partial charge in [0.2, 0.25) is 0 Å². The lowest BCUT2D eigenvalue weighted by Gasteiger charge is -2.22. The number of hydrogen-bond donors (Lipinski definition) is 1. The SMILES string of the molecule is CCNC(c1ccc(Cl)c(C)c1)c1cc(C)c(Cl)cc1C. The van der Waals surface area contributed by atoms with Crippen molar-refractivity contribution in [1.82, 2.24) is 5.32 Å². The number of nitrogens with one attached hydrogen (secondary N) is 1. The lowest BCUT2D eigenvalue weighted by Crippen LogP contribution is -2.23. The number of hydrogen-bond acceptors (Lipinski definition) is 1. The van der Waals surface area contributed by atoms with Crippen molar-refractivity contribution in [2.75, 3.05) is 6.54 Å². The fraction of sp³-hybridized carbons (Fsp3) is 0.333. The lowest BCUT2D eigenvalue weighted by molar-refractivity contribution is 0.627. The fourth-order valence-electron chi connectivity index (χ4n) is 2.57. The average Bonchev–Trinajstić information content (AvgIpc) is 2.44. The van der Waals surface area contributed by atoms with Crippen LogP contribution >= 0.6 is 23.2 Å². The topological polar surface area (TPSA) is 12.0 Å². The van der Waals surface area contributed by atoms with Gasteiger partial charge < -0.3 is 5.32 Å². The van der Waals surface area contributed by atoms with E-state index in [9.17, 15) is 0 Å². The third-order valence-electron chi connectivity index (χ3n) is 3.78. The molecule has 0 amide bonds. The Bertz CT molecular complexity index is 650. The zero-order valence-corrected chi connectivity index (χ0v) is 14.4. The third kappa shape index (κ3) is 3.60. The second-order valence-electron chi connectivity index (χ2n) is 5.46. The third-order valence-corrected chi connectivity index (χ3v) is 4.61. The van der Waals surface area contributed by atoms with Crippen molar-refractivity contribution in [3.63, 3.8) is 0 Å². The van der Waals surface area contributed by atoms with Crippen LogP contribution in [0.3, 0.4) is 0 Å². The highest BCUT2D eigenvalue weighted by atomic mass is 35.5. The Morgan fingerprint density at radius 3 is 2.19 bits per heavy atom. The molecule has 0 aliphatic carbocycles. The summed E-state index contributed by atoms with van der Waals surface area (Å²) in [4.78, 5) is 0. The molecule has 0 spiro atoms. The highest BCUT2D eigenvalue weighted by Crippen LogP contribution is 2.30. The van der Waals surface area contributed by atoms with Gasteiger partial charge in [-0.25, -0.2) is 0 Å². The first-order valence-corrected chi connectivity index (χ1v) is 7.95. The molecular formula is C18H21Cl2N. The summed E-state index contributed by atoms with van der Waals surface area (Å²) >= 11 is 12.4. The van der Waals surface area contributed by atoms with Crippen LogP contribution in [-0.2, 0) is 0 Å². The van der Waals surface area contributed by atoms with E-state index in [4.69, 9.17) is 23.2 Å². The van der Waals surface area contributed by atoms with E-state index in [0.29, 0.717) is 0 Å². The minimum atomic E-state index is 0.155.